The summed E-state index contributed by atoms with van der Waals surface area (Å²) in [5.74, 6) is -1.36. The van der Waals surface area contributed by atoms with Gasteiger partial charge >= 0.3 is 5.97 Å². The van der Waals surface area contributed by atoms with Crippen molar-refractivity contribution in [3.63, 3.8) is 0 Å². The predicted octanol–water partition coefficient (Wildman–Crippen LogP) is 2.71. The molecular formula is C19H18FNO4. The molecule has 0 radical (unpaired) electrons. The third kappa shape index (κ3) is 4.15. The zero-order valence-electron chi connectivity index (χ0n) is 13.4. The number of para-hydroxylation sites is 1. The van der Waals surface area contributed by atoms with Crippen molar-refractivity contribution in [3.8, 4) is 5.75 Å². The van der Waals surface area contributed by atoms with E-state index >= 15 is 0 Å². The Balaban J connectivity index is 1.72. The lowest BCUT2D eigenvalue weighted by atomic mass is 9.95. The topological polar surface area (TPSA) is 75.6 Å². The van der Waals surface area contributed by atoms with Crippen molar-refractivity contribution < 1.29 is 23.8 Å². The van der Waals surface area contributed by atoms with Crippen LogP contribution in [0.1, 0.15) is 23.6 Å². The summed E-state index contributed by atoms with van der Waals surface area (Å²) in [5, 5.41) is 11.9. The average Bonchev–Trinajstić information content (AvgIpc) is 2.61. The molecule has 5 nitrogen and oxygen atoms in total. The molecule has 25 heavy (non-hydrogen) atoms. The van der Waals surface area contributed by atoms with E-state index in [0.29, 0.717) is 12.0 Å². The number of rotatable bonds is 5. The second-order valence-electron chi connectivity index (χ2n) is 6.03. The van der Waals surface area contributed by atoms with Crippen LogP contribution in [0.25, 0.3) is 0 Å². The number of nitrogens with one attached hydrogen (secondary N) is 1. The van der Waals surface area contributed by atoms with Gasteiger partial charge in [0.1, 0.15) is 18.2 Å². The number of halogens is 1. The Labute approximate surface area is 144 Å². The fraction of sp³-hybridized carbons (Fsp3) is 0.263. The number of carbonyl (C=O) groups excluding carboxylic acids is 1. The van der Waals surface area contributed by atoms with E-state index in [1.807, 2.05) is 24.3 Å². The van der Waals surface area contributed by atoms with Crippen LogP contribution in [-0.2, 0) is 16.0 Å². The summed E-state index contributed by atoms with van der Waals surface area (Å²) < 4.78 is 18.7. The predicted molar refractivity (Wildman–Crippen MR) is 88.7 cm³/mol. The molecule has 0 aliphatic carbocycles. The van der Waals surface area contributed by atoms with Gasteiger partial charge in [-0.1, -0.05) is 30.3 Å². The van der Waals surface area contributed by atoms with E-state index in [-0.39, 0.29) is 18.9 Å². The number of fused-ring (bicyclic) bond motifs is 1. The zero-order chi connectivity index (χ0) is 17.8. The van der Waals surface area contributed by atoms with Gasteiger partial charge in [-0.05, 0) is 35.7 Å². The van der Waals surface area contributed by atoms with E-state index in [1.165, 1.54) is 24.3 Å². The summed E-state index contributed by atoms with van der Waals surface area (Å²) in [6.45, 7) is 0.242. The van der Waals surface area contributed by atoms with Crippen LogP contribution in [0.3, 0.4) is 0 Å². The van der Waals surface area contributed by atoms with Crippen molar-refractivity contribution in [1.29, 1.82) is 0 Å². The van der Waals surface area contributed by atoms with Gasteiger partial charge in [-0.25, -0.2) is 4.39 Å². The molecular weight excluding hydrogens is 325 g/mol. The van der Waals surface area contributed by atoms with Gasteiger partial charge in [-0.3, -0.25) is 9.59 Å². The third-order valence-electron chi connectivity index (χ3n) is 4.22. The van der Waals surface area contributed by atoms with E-state index in [1.54, 1.807) is 0 Å². The lowest BCUT2D eigenvalue weighted by molar-refractivity contribution is -0.138. The van der Waals surface area contributed by atoms with Crippen molar-refractivity contribution in [1.82, 2.24) is 5.32 Å². The lowest BCUT2D eigenvalue weighted by Gasteiger charge is -2.26. The minimum atomic E-state index is -1.04. The molecule has 1 aliphatic rings. The van der Waals surface area contributed by atoms with Gasteiger partial charge < -0.3 is 15.2 Å². The summed E-state index contributed by atoms with van der Waals surface area (Å²) in [4.78, 5) is 23.7. The van der Waals surface area contributed by atoms with Crippen LogP contribution in [0.5, 0.6) is 5.75 Å². The van der Waals surface area contributed by atoms with Crippen LogP contribution in [0.15, 0.2) is 48.5 Å². The number of aliphatic carboxylic acids is 1. The number of hydrogen-bond donors (Lipinski definition) is 2. The minimum absolute atomic E-state index is 0.242. The second-order valence-corrected chi connectivity index (χ2v) is 6.03. The molecule has 0 saturated carbocycles. The van der Waals surface area contributed by atoms with Crippen LogP contribution in [-0.4, -0.2) is 23.6 Å². The molecule has 6 heteroatoms. The quantitative estimate of drug-likeness (QED) is 0.875. The third-order valence-corrected chi connectivity index (χ3v) is 4.22. The van der Waals surface area contributed by atoms with Gasteiger partial charge in [0, 0.05) is 0 Å². The first-order chi connectivity index (χ1) is 12.0. The number of carboxylic acid groups (broad SMARTS) is 1. The van der Waals surface area contributed by atoms with E-state index < -0.39 is 23.7 Å². The zero-order valence-corrected chi connectivity index (χ0v) is 13.4. The van der Waals surface area contributed by atoms with Gasteiger partial charge in [0.2, 0.25) is 5.91 Å². The van der Waals surface area contributed by atoms with Crippen LogP contribution in [0.4, 0.5) is 4.39 Å². The summed E-state index contributed by atoms with van der Waals surface area (Å²) in [6, 6.07) is 12.3. The molecule has 0 bridgehead atoms. The average molecular weight is 343 g/mol. The molecule has 0 unspecified atom stereocenters. The Morgan fingerprint density at radius 1 is 1.20 bits per heavy atom. The molecule has 130 valence electrons. The highest BCUT2D eigenvalue weighted by atomic mass is 19.1. The number of hydrogen-bond acceptors (Lipinski definition) is 3. The largest absolute Gasteiger partial charge is 0.492 e. The highest BCUT2D eigenvalue weighted by Crippen LogP contribution is 2.27. The maximum Gasteiger partial charge on any atom is 0.305 e. The Morgan fingerprint density at radius 2 is 1.92 bits per heavy atom. The van der Waals surface area contributed by atoms with E-state index in [9.17, 15) is 14.0 Å². The van der Waals surface area contributed by atoms with Crippen LogP contribution in [0, 0.1) is 11.7 Å². The molecule has 2 atom stereocenters. The van der Waals surface area contributed by atoms with E-state index in [4.69, 9.17) is 9.84 Å². The molecule has 2 aromatic carbocycles. The normalized spacial score (nSPS) is 17.1. The van der Waals surface area contributed by atoms with Crippen molar-refractivity contribution >= 4 is 11.9 Å². The molecule has 1 aliphatic heterocycles. The van der Waals surface area contributed by atoms with Crippen molar-refractivity contribution in [3.05, 3.63) is 65.5 Å². The Bertz CT molecular complexity index is 775. The summed E-state index contributed by atoms with van der Waals surface area (Å²) in [5.41, 5.74) is 1.50. The maximum atomic E-state index is 13.1. The molecule has 1 amide bonds. The van der Waals surface area contributed by atoms with Crippen LogP contribution in [0.2, 0.25) is 0 Å². The van der Waals surface area contributed by atoms with Gasteiger partial charge in [0.15, 0.2) is 0 Å². The number of carboxylic acids is 1. The number of amides is 1. The molecule has 0 fully saturated rings. The van der Waals surface area contributed by atoms with Gasteiger partial charge in [0.05, 0.1) is 18.4 Å². The SMILES string of the molecule is O=C(O)C[C@H](NC(=O)[C@H]1COc2ccccc2C1)c1ccc(F)cc1. The molecule has 1 heterocycles. The standard InChI is InChI=1S/C19H18FNO4/c20-15-7-5-12(6-8-15)16(10-18(22)23)21-19(24)14-9-13-3-1-2-4-17(13)25-11-14/h1-8,14,16H,9-11H2,(H,21,24)(H,22,23)/t14-,16+/m1/s1. The van der Waals surface area contributed by atoms with Gasteiger partial charge in [-0.15, -0.1) is 0 Å². The molecule has 3 rings (SSSR count). The Morgan fingerprint density at radius 3 is 2.64 bits per heavy atom. The number of ether oxygens (including phenoxy) is 1. The maximum absolute atomic E-state index is 13.1. The summed E-state index contributed by atoms with van der Waals surface area (Å²) in [7, 11) is 0. The molecule has 0 aromatic heterocycles. The van der Waals surface area contributed by atoms with E-state index in [0.717, 1.165) is 11.3 Å². The monoisotopic (exact) mass is 343 g/mol. The van der Waals surface area contributed by atoms with Gasteiger partial charge in [0.25, 0.3) is 0 Å². The molecule has 2 N–H and O–H groups in total. The van der Waals surface area contributed by atoms with Crippen molar-refractivity contribution in [2.75, 3.05) is 6.61 Å². The number of carbonyl (C=O) groups is 2. The smallest absolute Gasteiger partial charge is 0.305 e. The Kier molecular flexibility index (Phi) is 4.97. The summed E-state index contributed by atoms with van der Waals surface area (Å²) in [6.07, 6.45) is 0.257. The molecule has 0 saturated heterocycles. The first-order valence-electron chi connectivity index (χ1n) is 8.01. The lowest BCUT2D eigenvalue weighted by Crippen LogP contribution is -2.39. The minimum Gasteiger partial charge on any atom is -0.492 e. The second kappa shape index (κ2) is 7.34. The van der Waals surface area contributed by atoms with Crippen LogP contribution >= 0.6 is 0 Å². The number of benzene rings is 2. The Hall–Kier alpha value is -2.89. The van der Waals surface area contributed by atoms with E-state index in [2.05, 4.69) is 5.32 Å². The summed E-state index contributed by atoms with van der Waals surface area (Å²) >= 11 is 0. The molecule has 2 aromatic rings. The highest BCUT2D eigenvalue weighted by Gasteiger charge is 2.28. The molecule has 0 spiro atoms. The van der Waals surface area contributed by atoms with Crippen molar-refractivity contribution in [2.45, 2.75) is 18.9 Å². The fourth-order valence-corrected chi connectivity index (χ4v) is 2.91. The highest BCUT2D eigenvalue weighted by molar-refractivity contribution is 5.81. The van der Waals surface area contributed by atoms with Crippen molar-refractivity contribution in [2.24, 2.45) is 5.92 Å². The fourth-order valence-electron chi connectivity index (χ4n) is 2.91. The van der Waals surface area contributed by atoms with Gasteiger partial charge in [-0.2, -0.15) is 0 Å². The first-order valence-corrected chi connectivity index (χ1v) is 8.01. The first kappa shape index (κ1) is 17.0. The van der Waals surface area contributed by atoms with Crippen LogP contribution < -0.4 is 10.1 Å².